The van der Waals surface area contributed by atoms with Gasteiger partial charge in [-0.15, -0.1) is 11.3 Å². The zero-order chi connectivity index (χ0) is 25.4. The number of hydrogen-bond acceptors (Lipinski definition) is 6. The first-order valence-corrected chi connectivity index (χ1v) is 12.8. The molecule has 1 aromatic carbocycles. The lowest BCUT2D eigenvalue weighted by Crippen LogP contribution is -2.41. The predicted molar refractivity (Wildman–Crippen MR) is 133 cm³/mol. The third-order valence-corrected chi connectivity index (χ3v) is 7.90. The van der Waals surface area contributed by atoms with E-state index in [1.54, 1.807) is 7.05 Å². The van der Waals surface area contributed by atoms with Gasteiger partial charge < -0.3 is 5.32 Å². The van der Waals surface area contributed by atoms with E-state index in [4.69, 9.17) is 0 Å². The van der Waals surface area contributed by atoms with Gasteiger partial charge in [0.05, 0.1) is 11.8 Å². The maximum Gasteiger partial charge on any atom is 0.281 e. The first-order valence-electron chi connectivity index (χ1n) is 12.0. The second kappa shape index (κ2) is 9.88. The number of aromatic nitrogens is 6. The molecule has 36 heavy (non-hydrogen) atoms. The van der Waals surface area contributed by atoms with Crippen molar-refractivity contribution in [1.29, 1.82) is 0 Å². The van der Waals surface area contributed by atoms with Gasteiger partial charge in [0.25, 0.3) is 12.3 Å². The van der Waals surface area contributed by atoms with E-state index in [1.807, 2.05) is 48.9 Å². The highest BCUT2D eigenvalue weighted by Gasteiger charge is 2.29. The van der Waals surface area contributed by atoms with E-state index in [9.17, 15) is 13.6 Å². The lowest BCUT2D eigenvalue weighted by Gasteiger charge is -2.23. The van der Waals surface area contributed by atoms with Gasteiger partial charge in [0.2, 0.25) is 0 Å². The van der Waals surface area contributed by atoms with Gasteiger partial charge >= 0.3 is 0 Å². The van der Waals surface area contributed by atoms with Gasteiger partial charge in [0.15, 0.2) is 5.82 Å². The molecule has 0 bridgehead atoms. The summed E-state index contributed by atoms with van der Waals surface area (Å²) in [6.07, 6.45) is 0.818. The van der Waals surface area contributed by atoms with Gasteiger partial charge in [-0.2, -0.15) is 10.2 Å². The summed E-state index contributed by atoms with van der Waals surface area (Å²) in [7, 11) is 1.67. The van der Waals surface area contributed by atoms with Crippen LogP contribution in [0.4, 0.5) is 8.78 Å². The molecule has 1 aliphatic heterocycles. The number of amides is 1. The quantitative estimate of drug-likeness (QED) is 0.377. The molecule has 1 aliphatic rings. The van der Waals surface area contributed by atoms with Crippen molar-refractivity contribution in [3.8, 4) is 22.0 Å². The number of aryl methyl sites for hydroxylation is 2. The summed E-state index contributed by atoms with van der Waals surface area (Å²) in [5.74, 6) is 1.12. The molecule has 0 aliphatic carbocycles. The standard InChI is InChI=1S/C25H27F2N7OS/c1-4-14(2)21-19(22(26)27)31-25(36-21)17-13-28-33(3)20(17)24(35)29-16-10-11-34-18(12-16)30-23(32-34)15-8-6-5-7-9-15/h5-9,13-14,16,22H,4,10-12H2,1-3H3,(H,29,35). The molecule has 4 aromatic rings. The number of benzene rings is 1. The molecule has 4 heterocycles. The molecular weight excluding hydrogens is 484 g/mol. The van der Waals surface area contributed by atoms with Crippen molar-refractivity contribution in [2.24, 2.45) is 7.05 Å². The molecule has 2 unspecified atom stereocenters. The van der Waals surface area contributed by atoms with Crippen LogP contribution in [0.15, 0.2) is 36.5 Å². The number of carbonyl (C=O) groups is 1. The SMILES string of the molecule is CCC(C)c1sc(-c2cnn(C)c2C(=O)NC2CCn3nc(-c4ccccc4)nc3C2)nc1C(F)F. The fourth-order valence-electron chi connectivity index (χ4n) is 4.41. The van der Waals surface area contributed by atoms with Crippen LogP contribution in [-0.4, -0.2) is 41.5 Å². The van der Waals surface area contributed by atoms with Crippen LogP contribution in [0.5, 0.6) is 0 Å². The number of halogens is 2. The molecule has 5 rings (SSSR count). The number of nitrogens with one attached hydrogen (secondary N) is 1. The molecule has 0 saturated carbocycles. The van der Waals surface area contributed by atoms with Crippen LogP contribution in [0.1, 0.15) is 65.9 Å². The highest BCUT2D eigenvalue weighted by molar-refractivity contribution is 7.15. The average Bonchev–Trinajstić information content (AvgIpc) is 3.60. The third-order valence-electron chi connectivity index (χ3n) is 6.57. The summed E-state index contributed by atoms with van der Waals surface area (Å²) in [6.45, 7) is 4.50. The lowest BCUT2D eigenvalue weighted by atomic mass is 10.1. The van der Waals surface area contributed by atoms with Gasteiger partial charge in [-0.3, -0.25) is 9.48 Å². The van der Waals surface area contributed by atoms with Crippen molar-refractivity contribution in [3.63, 3.8) is 0 Å². The van der Waals surface area contributed by atoms with E-state index in [-0.39, 0.29) is 23.6 Å². The molecule has 0 spiro atoms. The van der Waals surface area contributed by atoms with E-state index in [0.29, 0.717) is 46.4 Å². The summed E-state index contributed by atoms with van der Waals surface area (Å²) >= 11 is 1.21. The zero-order valence-electron chi connectivity index (χ0n) is 20.3. The Bertz CT molecular complexity index is 1380. The van der Waals surface area contributed by atoms with Crippen molar-refractivity contribution in [1.82, 2.24) is 34.8 Å². The van der Waals surface area contributed by atoms with E-state index >= 15 is 0 Å². The van der Waals surface area contributed by atoms with Crippen LogP contribution < -0.4 is 5.32 Å². The molecule has 3 aromatic heterocycles. The second-order valence-corrected chi connectivity index (χ2v) is 10.0. The highest BCUT2D eigenvalue weighted by atomic mass is 32.1. The number of alkyl halides is 2. The number of fused-ring (bicyclic) bond motifs is 1. The fourth-order valence-corrected chi connectivity index (χ4v) is 5.63. The fraction of sp³-hybridized carbons (Fsp3) is 0.400. The maximum absolute atomic E-state index is 13.7. The number of rotatable bonds is 7. The predicted octanol–water partition coefficient (Wildman–Crippen LogP) is 5.00. The van der Waals surface area contributed by atoms with Crippen molar-refractivity contribution in [2.45, 2.75) is 58.0 Å². The van der Waals surface area contributed by atoms with Gasteiger partial charge in [-0.05, 0) is 18.8 Å². The summed E-state index contributed by atoms with van der Waals surface area (Å²) in [4.78, 5) is 22.8. The van der Waals surface area contributed by atoms with Gasteiger partial charge in [-0.1, -0.05) is 44.2 Å². The van der Waals surface area contributed by atoms with Crippen molar-refractivity contribution in [3.05, 3.63) is 58.6 Å². The highest BCUT2D eigenvalue weighted by Crippen LogP contribution is 2.39. The number of thiazole rings is 1. The van der Waals surface area contributed by atoms with E-state index in [1.165, 1.54) is 22.2 Å². The van der Waals surface area contributed by atoms with E-state index in [2.05, 4.69) is 25.5 Å². The van der Waals surface area contributed by atoms with Gasteiger partial charge in [-0.25, -0.2) is 23.4 Å². The van der Waals surface area contributed by atoms with Crippen LogP contribution in [-0.2, 0) is 20.0 Å². The first kappa shape index (κ1) is 24.2. The Morgan fingerprint density at radius 1 is 1.25 bits per heavy atom. The lowest BCUT2D eigenvalue weighted by molar-refractivity contribution is 0.0921. The molecule has 2 atom stereocenters. The number of hydrogen-bond donors (Lipinski definition) is 1. The Morgan fingerprint density at radius 2 is 2.03 bits per heavy atom. The second-order valence-electron chi connectivity index (χ2n) is 9.01. The van der Waals surface area contributed by atoms with E-state index in [0.717, 1.165) is 17.8 Å². The minimum atomic E-state index is -2.67. The Hall–Kier alpha value is -3.47. The van der Waals surface area contributed by atoms with E-state index < -0.39 is 6.43 Å². The summed E-state index contributed by atoms with van der Waals surface area (Å²) in [6, 6.07) is 9.64. The molecule has 188 valence electrons. The Labute approximate surface area is 211 Å². The average molecular weight is 512 g/mol. The Morgan fingerprint density at radius 3 is 2.75 bits per heavy atom. The molecule has 0 saturated heterocycles. The van der Waals surface area contributed by atoms with Crippen LogP contribution in [0.3, 0.4) is 0 Å². The van der Waals surface area contributed by atoms with Crippen LogP contribution >= 0.6 is 11.3 Å². The summed E-state index contributed by atoms with van der Waals surface area (Å²) in [5.41, 5.74) is 1.50. The zero-order valence-corrected chi connectivity index (χ0v) is 21.1. The van der Waals surface area contributed by atoms with Gasteiger partial charge in [0.1, 0.15) is 22.2 Å². The topological polar surface area (TPSA) is 90.5 Å². The van der Waals surface area contributed by atoms with Crippen molar-refractivity contribution < 1.29 is 13.6 Å². The largest absolute Gasteiger partial charge is 0.347 e. The van der Waals surface area contributed by atoms with Gasteiger partial charge in [0, 0.05) is 36.5 Å². The minimum Gasteiger partial charge on any atom is -0.347 e. The third kappa shape index (κ3) is 4.55. The molecule has 0 radical (unpaired) electrons. The van der Waals surface area contributed by atoms with Crippen molar-refractivity contribution >= 4 is 17.2 Å². The molecule has 1 amide bonds. The normalized spacial score (nSPS) is 16.2. The Balaban J connectivity index is 1.37. The molecular formula is C25H27F2N7OS. The van der Waals surface area contributed by atoms with Crippen LogP contribution in [0, 0.1) is 0 Å². The molecule has 8 nitrogen and oxygen atoms in total. The molecule has 1 N–H and O–H groups in total. The summed E-state index contributed by atoms with van der Waals surface area (Å²) < 4.78 is 30.7. The molecule has 11 heteroatoms. The van der Waals surface area contributed by atoms with Crippen LogP contribution in [0.25, 0.3) is 22.0 Å². The summed E-state index contributed by atoms with van der Waals surface area (Å²) in [5, 5.41) is 12.3. The van der Waals surface area contributed by atoms with Crippen LogP contribution in [0.2, 0.25) is 0 Å². The van der Waals surface area contributed by atoms with Crippen molar-refractivity contribution in [2.75, 3.05) is 0 Å². The minimum absolute atomic E-state index is 0.0467. The molecule has 0 fully saturated rings. The Kier molecular flexibility index (Phi) is 6.65. The smallest absolute Gasteiger partial charge is 0.281 e. The monoisotopic (exact) mass is 511 g/mol. The first-order chi connectivity index (χ1) is 17.4. The number of carbonyl (C=O) groups excluding carboxylic acids is 1. The maximum atomic E-state index is 13.7. The number of nitrogens with zero attached hydrogens (tertiary/aromatic N) is 6.